The molecule has 5 rings (SSSR count). The van der Waals surface area contributed by atoms with Crippen molar-refractivity contribution in [1.82, 2.24) is 20.6 Å². The first-order valence-electron chi connectivity index (χ1n) is 7.94. The van der Waals surface area contributed by atoms with Crippen molar-refractivity contribution in [3.05, 3.63) is 71.0 Å². The minimum absolute atomic E-state index is 0.147. The van der Waals surface area contributed by atoms with Crippen molar-refractivity contribution < 1.29 is 9.53 Å². The molecule has 0 radical (unpaired) electrons. The normalized spacial score (nSPS) is 20.8. The standard InChI is InChI=1S/C18H13N5O2/c24-18-16(12-7-3-4-8-13(12)19-18)17-11-6-2-1-5-10(11)14(25-17)9-15-20-22-23-21-15/h1-8,14H,9H2,(H,19,24)(H,20,21,22,23)/b17-16+. The number of H-pyrrole nitrogens is 1. The van der Waals surface area contributed by atoms with Crippen LogP contribution in [0.4, 0.5) is 5.69 Å². The number of nitrogens with zero attached hydrogens (tertiary/aromatic N) is 3. The summed E-state index contributed by atoms with van der Waals surface area (Å²) < 4.78 is 6.21. The van der Waals surface area contributed by atoms with Gasteiger partial charge in [-0.05, 0) is 6.07 Å². The van der Waals surface area contributed by atoms with E-state index >= 15 is 0 Å². The predicted octanol–water partition coefficient (Wildman–Crippen LogP) is 2.33. The molecule has 0 spiro atoms. The number of carbonyl (C=O) groups is 1. The van der Waals surface area contributed by atoms with Gasteiger partial charge in [0.1, 0.15) is 11.9 Å². The number of carbonyl (C=O) groups excluding carboxylic acids is 1. The van der Waals surface area contributed by atoms with Crippen molar-refractivity contribution in [3.8, 4) is 0 Å². The molecule has 3 aromatic rings. The van der Waals surface area contributed by atoms with Crippen molar-refractivity contribution in [3.63, 3.8) is 0 Å². The van der Waals surface area contributed by atoms with Gasteiger partial charge in [-0.2, -0.15) is 5.21 Å². The number of ether oxygens (including phenoxy) is 1. The minimum Gasteiger partial charge on any atom is -0.484 e. The van der Waals surface area contributed by atoms with Crippen LogP contribution in [0.1, 0.15) is 28.6 Å². The third-order valence-corrected chi connectivity index (χ3v) is 4.47. The number of rotatable bonds is 2. The van der Waals surface area contributed by atoms with Crippen LogP contribution in [-0.2, 0) is 16.0 Å². The molecule has 2 aliphatic heterocycles. The Morgan fingerprint density at radius 1 is 1.04 bits per heavy atom. The number of amides is 1. The summed E-state index contributed by atoms with van der Waals surface area (Å²) in [7, 11) is 0. The summed E-state index contributed by atoms with van der Waals surface area (Å²) in [5.74, 6) is 1.03. The zero-order chi connectivity index (χ0) is 16.8. The van der Waals surface area contributed by atoms with Crippen LogP contribution in [0.25, 0.3) is 11.3 Å². The van der Waals surface area contributed by atoms with Crippen LogP contribution in [0.2, 0.25) is 0 Å². The molecule has 3 heterocycles. The van der Waals surface area contributed by atoms with Gasteiger partial charge in [0.2, 0.25) is 0 Å². The smallest absolute Gasteiger partial charge is 0.260 e. The van der Waals surface area contributed by atoms with Crippen LogP contribution in [-0.4, -0.2) is 26.5 Å². The van der Waals surface area contributed by atoms with E-state index in [9.17, 15) is 4.79 Å². The zero-order valence-corrected chi connectivity index (χ0v) is 13.1. The second-order valence-corrected chi connectivity index (χ2v) is 5.93. The third kappa shape index (κ3) is 2.13. The van der Waals surface area contributed by atoms with E-state index in [2.05, 4.69) is 25.9 Å². The Kier molecular flexibility index (Phi) is 2.93. The fourth-order valence-corrected chi connectivity index (χ4v) is 3.38. The van der Waals surface area contributed by atoms with Gasteiger partial charge in [-0.25, -0.2) is 0 Å². The van der Waals surface area contributed by atoms with Crippen molar-refractivity contribution in [2.75, 3.05) is 5.32 Å². The number of aromatic nitrogens is 4. The predicted molar refractivity (Wildman–Crippen MR) is 90.0 cm³/mol. The van der Waals surface area contributed by atoms with Crippen LogP contribution in [0.15, 0.2) is 48.5 Å². The van der Waals surface area contributed by atoms with Gasteiger partial charge in [0, 0.05) is 22.4 Å². The molecule has 0 fully saturated rings. The number of aromatic amines is 1. The van der Waals surface area contributed by atoms with Crippen molar-refractivity contribution in [1.29, 1.82) is 0 Å². The lowest BCUT2D eigenvalue weighted by atomic mass is 9.98. The summed E-state index contributed by atoms with van der Waals surface area (Å²) in [5.41, 5.74) is 4.18. The van der Waals surface area contributed by atoms with Gasteiger partial charge in [0.05, 0.1) is 12.0 Å². The molecule has 2 N–H and O–H groups in total. The molecule has 0 saturated heterocycles. The molecule has 7 nitrogen and oxygen atoms in total. The first kappa shape index (κ1) is 13.9. The van der Waals surface area contributed by atoms with Gasteiger partial charge >= 0.3 is 0 Å². The maximum absolute atomic E-state index is 12.6. The van der Waals surface area contributed by atoms with Gasteiger partial charge in [-0.15, -0.1) is 10.2 Å². The number of fused-ring (bicyclic) bond motifs is 2. The van der Waals surface area contributed by atoms with E-state index < -0.39 is 0 Å². The lowest BCUT2D eigenvalue weighted by molar-refractivity contribution is -0.110. The fourth-order valence-electron chi connectivity index (χ4n) is 3.38. The SMILES string of the molecule is O=C1Nc2ccccc2/C1=C1\OC(Cc2nn[nH]n2)c2ccccc21. The summed E-state index contributed by atoms with van der Waals surface area (Å²) in [6, 6.07) is 15.5. The van der Waals surface area contributed by atoms with E-state index in [1.54, 1.807) is 0 Å². The summed E-state index contributed by atoms with van der Waals surface area (Å²) >= 11 is 0. The number of tetrazole rings is 1. The van der Waals surface area contributed by atoms with Crippen LogP contribution in [0.3, 0.4) is 0 Å². The highest BCUT2D eigenvalue weighted by Crippen LogP contribution is 2.46. The molecule has 7 heteroatoms. The third-order valence-electron chi connectivity index (χ3n) is 4.47. The summed E-state index contributed by atoms with van der Waals surface area (Å²) in [5, 5.41) is 16.9. The molecule has 2 aliphatic rings. The van der Waals surface area contributed by atoms with Crippen LogP contribution >= 0.6 is 0 Å². The summed E-state index contributed by atoms with van der Waals surface area (Å²) in [6.07, 6.45) is 0.227. The molecule has 0 bridgehead atoms. The van der Waals surface area contributed by atoms with Crippen molar-refractivity contribution in [2.45, 2.75) is 12.5 Å². The largest absolute Gasteiger partial charge is 0.484 e. The van der Waals surface area contributed by atoms with Gasteiger partial charge in [-0.1, -0.05) is 47.7 Å². The average molecular weight is 331 g/mol. The van der Waals surface area contributed by atoms with Crippen LogP contribution < -0.4 is 5.32 Å². The monoisotopic (exact) mass is 331 g/mol. The van der Waals surface area contributed by atoms with E-state index in [1.807, 2.05) is 48.5 Å². The van der Waals surface area contributed by atoms with E-state index in [1.165, 1.54) is 0 Å². The highest BCUT2D eigenvalue weighted by atomic mass is 16.5. The highest BCUT2D eigenvalue weighted by molar-refractivity contribution is 6.36. The Labute approximate surface area is 142 Å². The quantitative estimate of drug-likeness (QED) is 0.703. The minimum atomic E-state index is -0.253. The molecule has 2 aromatic carbocycles. The highest BCUT2D eigenvalue weighted by Gasteiger charge is 2.36. The number of nitrogens with one attached hydrogen (secondary N) is 2. The molecular formula is C18H13N5O2. The number of hydrogen-bond acceptors (Lipinski definition) is 5. The van der Waals surface area contributed by atoms with Crippen LogP contribution in [0.5, 0.6) is 0 Å². The maximum atomic E-state index is 12.6. The molecule has 1 atom stereocenters. The first-order chi connectivity index (χ1) is 12.3. The molecular weight excluding hydrogens is 318 g/mol. The van der Waals surface area contributed by atoms with E-state index in [4.69, 9.17) is 4.74 Å². The van der Waals surface area contributed by atoms with Gasteiger partial charge in [0.15, 0.2) is 5.82 Å². The summed E-state index contributed by atoms with van der Waals surface area (Å²) in [6.45, 7) is 0. The van der Waals surface area contributed by atoms with Crippen molar-refractivity contribution >= 4 is 22.9 Å². The molecule has 25 heavy (non-hydrogen) atoms. The Balaban J connectivity index is 1.65. The zero-order valence-electron chi connectivity index (χ0n) is 13.1. The molecule has 1 amide bonds. The number of para-hydroxylation sites is 1. The number of benzene rings is 2. The first-order valence-corrected chi connectivity index (χ1v) is 7.94. The van der Waals surface area contributed by atoms with Crippen molar-refractivity contribution in [2.24, 2.45) is 0 Å². The second kappa shape index (κ2) is 5.27. The van der Waals surface area contributed by atoms with E-state index in [0.29, 0.717) is 23.6 Å². The average Bonchev–Trinajstić information content (AvgIpc) is 3.33. The topological polar surface area (TPSA) is 92.8 Å². The Hall–Kier alpha value is -3.48. The maximum Gasteiger partial charge on any atom is 0.260 e. The van der Waals surface area contributed by atoms with E-state index in [-0.39, 0.29) is 12.0 Å². The number of hydrogen-bond donors (Lipinski definition) is 2. The molecule has 0 aliphatic carbocycles. The van der Waals surface area contributed by atoms with Crippen LogP contribution in [0, 0.1) is 0 Å². The summed E-state index contributed by atoms with van der Waals surface area (Å²) in [4.78, 5) is 12.6. The Morgan fingerprint density at radius 3 is 2.68 bits per heavy atom. The number of anilines is 1. The molecule has 0 saturated carbocycles. The van der Waals surface area contributed by atoms with Gasteiger partial charge < -0.3 is 10.1 Å². The lowest BCUT2D eigenvalue weighted by Gasteiger charge is -2.10. The Bertz CT molecular complexity index is 1010. The van der Waals surface area contributed by atoms with Gasteiger partial charge in [0.25, 0.3) is 5.91 Å². The van der Waals surface area contributed by atoms with E-state index in [0.717, 1.165) is 22.4 Å². The fraction of sp³-hybridized carbons (Fsp3) is 0.111. The Morgan fingerprint density at radius 2 is 1.84 bits per heavy atom. The molecule has 1 aromatic heterocycles. The molecule has 1 unspecified atom stereocenters. The lowest BCUT2D eigenvalue weighted by Crippen LogP contribution is -2.06. The second-order valence-electron chi connectivity index (χ2n) is 5.93. The van der Waals surface area contributed by atoms with Gasteiger partial charge in [-0.3, -0.25) is 4.79 Å². The molecule has 122 valence electrons.